The summed E-state index contributed by atoms with van der Waals surface area (Å²) in [5.41, 5.74) is 3.04. The Hall–Kier alpha value is -2.52. The van der Waals surface area contributed by atoms with Crippen molar-refractivity contribution in [2.24, 2.45) is 0 Å². The number of rotatable bonds is 6. The van der Waals surface area contributed by atoms with Gasteiger partial charge in [0.1, 0.15) is 5.25 Å². The summed E-state index contributed by atoms with van der Waals surface area (Å²) in [7, 11) is 0. The molecule has 0 aliphatic rings. The Balaban J connectivity index is 1.88. The molecule has 3 aromatic rings. The van der Waals surface area contributed by atoms with Crippen molar-refractivity contribution in [1.29, 1.82) is 0 Å². The van der Waals surface area contributed by atoms with Gasteiger partial charge in [0, 0.05) is 10.6 Å². The number of para-hydroxylation sites is 1. The number of nitrogens with one attached hydrogen (secondary N) is 1. The second kappa shape index (κ2) is 8.72. The summed E-state index contributed by atoms with van der Waals surface area (Å²) in [6.07, 6.45) is 0. The third kappa shape index (κ3) is 4.55. The molecule has 3 rings (SSSR count). The number of anilines is 1. The molecule has 3 heteroatoms. The topological polar surface area (TPSA) is 29.1 Å². The Bertz CT molecular complexity index is 846. The minimum absolute atomic E-state index is 0.00171. The van der Waals surface area contributed by atoms with Crippen LogP contribution < -0.4 is 5.32 Å². The molecule has 0 saturated carbocycles. The molecule has 26 heavy (non-hydrogen) atoms. The average Bonchev–Trinajstić information content (AvgIpc) is 2.68. The zero-order chi connectivity index (χ0) is 18.4. The first-order valence-corrected chi connectivity index (χ1v) is 9.69. The van der Waals surface area contributed by atoms with Crippen LogP contribution in [-0.2, 0) is 4.79 Å². The fraction of sp³-hybridized carbons (Fsp3) is 0.174. The van der Waals surface area contributed by atoms with Crippen molar-refractivity contribution < 1.29 is 4.79 Å². The number of amides is 1. The maximum Gasteiger partial charge on any atom is 0.242 e. The van der Waals surface area contributed by atoms with E-state index >= 15 is 0 Å². The average molecular weight is 362 g/mol. The third-order valence-electron chi connectivity index (χ3n) is 4.18. The number of carbonyl (C=O) groups excluding carboxylic acids is 1. The largest absolute Gasteiger partial charge is 0.325 e. The van der Waals surface area contributed by atoms with Crippen molar-refractivity contribution >= 4 is 23.4 Å². The van der Waals surface area contributed by atoms with Crippen molar-refractivity contribution in [3.63, 3.8) is 0 Å². The molecule has 0 aliphatic carbocycles. The zero-order valence-electron chi connectivity index (χ0n) is 15.1. The molecular formula is C23H23NOS. The van der Waals surface area contributed by atoms with E-state index in [0.29, 0.717) is 5.92 Å². The highest BCUT2D eigenvalue weighted by atomic mass is 32.2. The van der Waals surface area contributed by atoms with E-state index in [0.717, 1.165) is 21.7 Å². The summed E-state index contributed by atoms with van der Waals surface area (Å²) < 4.78 is 0. The maximum atomic E-state index is 13.2. The first-order valence-electron chi connectivity index (χ1n) is 8.81. The van der Waals surface area contributed by atoms with Gasteiger partial charge < -0.3 is 5.32 Å². The summed E-state index contributed by atoms with van der Waals surface area (Å²) >= 11 is 1.57. The lowest BCUT2D eigenvalue weighted by Gasteiger charge is -2.19. The van der Waals surface area contributed by atoms with E-state index in [1.807, 2.05) is 78.9 Å². The molecule has 0 radical (unpaired) electrons. The lowest BCUT2D eigenvalue weighted by Crippen LogP contribution is -2.20. The van der Waals surface area contributed by atoms with E-state index in [1.54, 1.807) is 11.8 Å². The first-order chi connectivity index (χ1) is 12.6. The zero-order valence-corrected chi connectivity index (χ0v) is 15.9. The van der Waals surface area contributed by atoms with Crippen molar-refractivity contribution in [2.75, 3.05) is 5.32 Å². The van der Waals surface area contributed by atoms with Gasteiger partial charge in [0.2, 0.25) is 5.91 Å². The van der Waals surface area contributed by atoms with Crippen LogP contribution in [0.15, 0.2) is 89.8 Å². The smallest absolute Gasteiger partial charge is 0.242 e. The molecule has 0 saturated heterocycles. The normalized spacial score (nSPS) is 12.0. The number of benzene rings is 3. The Morgan fingerprint density at radius 3 is 2.04 bits per heavy atom. The standard InChI is InChI=1S/C23H23NOS/c1-17(2)20-15-9-10-16-21(20)24-23(25)22(18-11-5-3-6-12-18)26-19-13-7-4-8-14-19/h3-17,22H,1-2H3,(H,24,25)/t22-/m0/s1. The maximum absolute atomic E-state index is 13.2. The predicted molar refractivity (Wildman–Crippen MR) is 111 cm³/mol. The molecule has 2 nitrogen and oxygen atoms in total. The van der Waals surface area contributed by atoms with Gasteiger partial charge in [-0.15, -0.1) is 11.8 Å². The van der Waals surface area contributed by atoms with E-state index in [9.17, 15) is 4.79 Å². The Kier molecular flexibility index (Phi) is 6.13. The lowest BCUT2D eigenvalue weighted by atomic mass is 10.0. The van der Waals surface area contributed by atoms with E-state index in [1.165, 1.54) is 0 Å². The molecule has 3 aromatic carbocycles. The van der Waals surface area contributed by atoms with E-state index in [-0.39, 0.29) is 11.2 Å². The third-order valence-corrected chi connectivity index (χ3v) is 5.44. The summed E-state index contributed by atoms with van der Waals surface area (Å²) in [6, 6.07) is 28.0. The van der Waals surface area contributed by atoms with Crippen LogP contribution in [0, 0.1) is 0 Å². The molecular weight excluding hydrogens is 338 g/mol. The fourth-order valence-corrected chi connectivity index (χ4v) is 3.89. The highest BCUT2D eigenvalue weighted by Crippen LogP contribution is 2.36. The Labute approximate surface area is 159 Å². The van der Waals surface area contributed by atoms with Gasteiger partial charge in [-0.1, -0.05) is 80.6 Å². The van der Waals surface area contributed by atoms with Crippen LogP contribution in [0.1, 0.15) is 36.1 Å². The molecule has 0 fully saturated rings. The molecule has 132 valence electrons. The van der Waals surface area contributed by atoms with Gasteiger partial charge in [-0.3, -0.25) is 4.79 Å². The Morgan fingerprint density at radius 2 is 1.38 bits per heavy atom. The highest BCUT2D eigenvalue weighted by molar-refractivity contribution is 8.00. The van der Waals surface area contributed by atoms with Crippen LogP contribution in [0.2, 0.25) is 0 Å². The van der Waals surface area contributed by atoms with Crippen molar-refractivity contribution in [3.8, 4) is 0 Å². The van der Waals surface area contributed by atoms with Gasteiger partial charge in [0.05, 0.1) is 0 Å². The van der Waals surface area contributed by atoms with Crippen LogP contribution in [0.3, 0.4) is 0 Å². The molecule has 0 heterocycles. The number of thioether (sulfide) groups is 1. The van der Waals surface area contributed by atoms with Crippen LogP contribution in [0.25, 0.3) is 0 Å². The van der Waals surface area contributed by atoms with E-state index in [4.69, 9.17) is 0 Å². The van der Waals surface area contributed by atoms with Crippen LogP contribution in [-0.4, -0.2) is 5.91 Å². The summed E-state index contributed by atoms with van der Waals surface area (Å²) in [5, 5.41) is 2.84. The van der Waals surface area contributed by atoms with Gasteiger partial charge in [-0.25, -0.2) is 0 Å². The molecule has 0 spiro atoms. The minimum Gasteiger partial charge on any atom is -0.325 e. The van der Waals surface area contributed by atoms with Gasteiger partial charge in [-0.05, 0) is 35.2 Å². The summed E-state index contributed by atoms with van der Waals surface area (Å²) in [4.78, 5) is 14.2. The van der Waals surface area contributed by atoms with Crippen LogP contribution in [0.5, 0.6) is 0 Å². The SMILES string of the molecule is CC(C)c1ccccc1NC(=O)[C@@H](Sc1ccccc1)c1ccccc1. The summed E-state index contributed by atoms with van der Waals surface area (Å²) in [6.45, 7) is 4.27. The van der Waals surface area contributed by atoms with Crippen molar-refractivity contribution in [2.45, 2.75) is 29.9 Å². The Morgan fingerprint density at radius 1 is 0.808 bits per heavy atom. The minimum atomic E-state index is -0.307. The predicted octanol–water partition coefficient (Wildman–Crippen LogP) is 6.28. The van der Waals surface area contributed by atoms with Gasteiger partial charge in [0.15, 0.2) is 0 Å². The number of carbonyl (C=O) groups is 1. The molecule has 0 aromatic heterocycles. The summed E-state index contributed by atoms with van der Waals surface area (Å²) in [5.74, 6) is 0.349. The van der Waals surface area contributed by atoms with Gasteiger partial charge in [0.25, 0.3) is 0 Å². The van der Waals surface area contributed by atoms with E-state index in [2.05, 4.69) is 25.2 Å². The van der Waals surface area contributed by atoms with Crippen LogP contribution >= 0.6 is 11.8 Å². The fourth-order valence-electron chi connectivity index (χ4n) is 2.85. The highest BCUT2D eigenvalue weighted by Gasteiger charge is 2.23. The molecule has 1 N–H and O–H groups in total. The second-order valence-corrected chi connectivity index (χ2v) is 7.63. The quantitative estimate of drug-likeness (QED) is 0.523. The van der Waals surface area contributed by atoms with Crippen molar-refractivity contribution in [3.05, 3.63) is 96.1 Å². The lowest BCUT2D eigenvalue weighted by molar-refractivity contribution is -0.115. The molecule has 0 unspecified atom stereocenters. The molecule has 1 atom stereocenters. The number of hydrogen-bond donors (Lipinski definition) is 1. The monoisotopic (exact) mass is 361 g/mol. The molecule has 0 bridgehead atoms. The molecule has 1 amide bonds. The second-order valence-electron chi connectivity index (χ2n) is 6.45. The van der Waals surface area contributed by atoms with Gasteiger partial charge >= 0.3 is 0 Å². The first kappa shape index (κ1) is 18.3. The number of hydrogen-bond acceptors (Lipinski definition) is 2. The van der Waals surface area contributed by atoms with Crippen molar-refractivity contribution in [1.82, 2.24) is 0 Å². The van der Waals surface area contributed by atoms with Crippen LogP contribution in [0.4, 0.5) is 5.69 Å². The van der Waals surface area contributed by atoms with Gasteiger partial charge in [-0.2, -0.15) is 0 Å². The van der Waals surface area contributed by atoms with E-state index < -0.39 is 0 Å². The molecule has 0 aliphatic heterocycles.